The van der Waals surface area contributed by atoms with Gasteiger partial charge in [-0.3, -0.25) is 47.9 Å². The van der Waals surface area contributed by atoms with Crippen LogP contribution in [-0.4, -0.2) is 157 Å². The Morgan fingerprint density at radius 2 is 1.09 bits per heavy atom. The van der Waals surface area contributed by atoms with Gasteiger partial charge in [0.05, 0.1) is 31.5 Å². The molecule has 0 aromatic heterocycles. The number of aromatic hydroxyl groups is 1. The fourth-order valence-electron chi connectivity index (χ4n) is 6.03. The Labute approximate surface area is 378 Å². The number of hydrogen-bond acceptors (Lipinski definition) is 15. The third kappa shape index (κ3) is 22.1. The SMILES string of the molecule is CC(C)C[C@H](N)C(=O)N[C@@H](CC(=O)O)C(=O)N[C@@H](CCC(=O)O)C(=O)N[C@H](C(=O)N[C@@H](CCCCN)C(=O)NCC(=O)N[C@@H](CC(=O)O)C(=O)N[C@@H](Cc1ccc(O)cc1)C(=O)O)[C@@H](C)O. The lowest BCUT2D eigenvalue weighted by Crippen LogP contribution is -2.61. The summed E-state index contributed by atoms with van der Waals surface area (Å²) in [4.78, 5) is 139. The van der Waals surface area contributed by atoms with Crippen molar-refractivity contribution in [1.29, 1.82) is 0 Å². The number of nitrogens with two attached hydrogens (primary N) is 2. The molecule has 17 N–H and O–H groups in total. The molecule has 0 fully saturated rings. The van der Waals surface area contributed by atoms with E-state index in [0.29, 0.717) is 12.0 Å². The number of amides is 7. The summed E-state index contributed by atoms with van der Waals surface area (Å²) >= 11 is 0. The van der Waals surface area contributed by atoms with Crippen LogP contribution in [-0.2, 0) is 59.2 Å². The van der Waals surface area contributed by atoms with Gasteiger partial charge in [0.15, 0.2) is 0 Å². The van der Waals surface area contributed by atoms with Gasteiger partial charge in [-0.1, -0.05) is 26.0 Å². The van der Waals surface area contributed by atoms with Crippen LogP contribution in [0.3, 0.4) is 0 Å². The van der Waals surface area contributed by atoms with Crippen molar-refractivity contribution in [2.75, 3.05) is 13.1 Å². The lowest BCUT2D eigenvalue weighted by molar-refractivity contribution is -0.143. The van der Waals surface area contributed by atoms with E-state index < -0.39 is 146 Å². The molecule has 0 saturated carbocycles. The van der Waals surface area contributed by atoms with Crippen LogP contribution in [0, 0.1) is 5.92 Å². The van der Waals surface area contributed by atoms with Gasteiger partial charge in [0.25, 0.3) is 0 Å². The molecular formula is C40H61N9O17. The van der Waals surface area contributed by atoms with Crippen molar-refractivity contribution in [2.45, 2.75) is 127 Å². The summed E-state index contributed by atoms with van der Waals surface area (Å²) in [6, 6.07) is -6.17. The molecule has 26 heteroatoms. The largest absolute Gasteiger partial charge is 0.508 e. The van der Waals surface area contributed by atoms with Gasteiger partial charge in [-0.25, -0.2) is 4.79 Å². The quantitative estimate of drug-likeness (QED) is 0.0313. The lowest BCUT2D eigenvalue weighted by atomic mass is 10.0. The van der Waals surface area contributed by atoms with Crippen molar-refractivity contribution < 1.29 is 83.4 Å². The maximum atomic E-state index is 13.6. The van der Waals surface area contributed by atoms with Crippen molar-refractivity contribution in [3.8, 4) is 5.75 Å². The molecule has 1 aromatic rings. The van der Waals surface area contributed by atoms with Crippen LogP contribution in [0.1, 0.15) is 77.7 Å². The van der Waals surface area contributed by atoms with E-state index in [-0.39, 0.29) is 43.9 Å². The van der Waals surface area contributed by atoms with Gasteiger partial charge in [0, 0.05) is 12.8 Å². The standard InChI is InChI=1S/C40H61N9O17/c1-19(2)14-23(42)34(59)47-27(17-32(57)58)38(63)45-25(11-12-30(53)54)36(61)49-33(20(3)50)39(64)46-24(6-4-5-13-41)35(60)43-18-29(52)44-26(16-31(55)56)37(62)48-28(40(65)66)15-21-7-9-22(51)10-8-21/h7-10,19-20,23-28,33,50-51H,4-6,11-18,41-42H2,1-3H3,(H,43,60)(H,44,52)(H,45,63)(H,46,64)(H,47,59)(H,48,62)(H,49,61)(H,53,54)(H,55,56)(H,57,58)(H,65,66)/t20-,23+,24+,25+,26+,27+,28+,33+/m1/s1. The molecule has 0 saturated heterocycles. The van der Waals surface area contributed by atoms with E-state index >= 15 is 0 Å². The van der Waals surface area contributed by atoms with Crippen molar-refractivity contribution in [1.82, 2.24) is 37.2 Å². The first-order valence-electron chi connectivity index (χ1n) is 20.7. The van der Waals surface area contributed by atoms with Gasteiger partial charge in [-0.05, 0) is 69.2 Å². The van der Waals surface area contributed by atoms with Gasteiger partial charge in [0.2, 0.25) is 41.4 Å². The van der Waals surface area contributed by atoms with Crippen molar-refractivity contribution in [3.05, 3.63) is 29.8 Å². The first kappa shape index (κ1) is 57.1. The second-order valence-electron chi connectivity index (χ2n) is 15.7. The number of unbranched alkanes of at least 4 members (excludes halogenated alkanes) is 1. The summed E-state index contributed by atoms with van der Waals surface area (Å²) in [5, 5.41) is 73.1. The van der Waals surface area contributed by atoms with E-state index in [1.165, 1.54) is 24.3 Å². The molecule has 8 atom stereocenters. The number of aliphatic hydroxyl groups is 1. The highest BCUT2D eigenvalue weighted by Crippen LogP contribution is 2.12. The Kier molecular flexibility index (Phi) is 24.9. The summed E-state index contributed by atoms with van der Waals surface area (Å²) in [6.07, 6.45) is -4.75. The number of hydrogen-bond donors (Lipinski definition) is 15. The number of aliphatic hydroxyl groups excluding tert-OH is 1. The molecule has 0 aliphatic heterocycles. The first-order valence-corrected chi connectivity index (χ1v) is 20.7. The van der Waals surface area contributed by atoms with Gasteiger partial charge < -0.3 is 79.3 Å². The molecule has 0 spiro atoms. The Hall–Kier alpha value is -6.93. The number of carbonyl (C=O) groups is 11. The number of phenolic OH excluding ortho intramolecular Hbond substituents is 1. The number of carboxylic acids is 4. The first-order chi connectivity index (χ1) is 30.8. The second-order valence-corrected chi connectivity index (χ2v) is 15.7. The maximum absolute atomic E-state index is 13.6. The number of phenols is 1. The van der Waals surface area contributed by atoms with Crippen molar-refractivity contribution >= 4 is 65.2 Å². The van der Waals surface area contributed by atoms with E-state index in [9.17, 15) is 83.4 Å². The van der Waals surface area contributed by atoms with Crippen molar-refractivity contribution in [3.63, 3.8) is 0 Å². The molecule has 0 unspecified atom stereocenters. The predicted octanol–water partition coefficient (Wildman–Crippen LogP) is -4.26. The topological polar surface area (TPSA) is 445 Å². The van der Waals surface area contributed by atoms with Gasteiger partial charge in [0.1, 0.15) is 42.0 Å². The molecule has 66 heavy (non-hydrogen) atoms. The molecule has 1 rings (SSSR count). The molecule has 0 heterocycles. The second kappa shape index (κ2) is 28.8. The van der Waals surface area contributed by atoms with Gasteiger partial charge in [-0.2, -0.15) is 0 Å². The average molecular weight is 940 g/mol. The maximum Gasteiger partial charge on any atom is 0.326 e. The third-order valence-electron chi connectivity index (χ3n) is 9.44. The molecule has 368 valence electrons. The zero-order chi connectivity index (χ0) is 50.3. The van der Waals surface area contributed by atoms with Crippen LogP contribution < -0.4 is 48.7 Å². The highest BCUT2D eigenvalue weighted by Gasteiger charge is 2.35. The van der Waals surface area contributed by atoms with Gasteiger partial charge >= 0.3 is 23.9 Å². The summed E-state index contributed by atoms with van der Waals surface area (Å²) in [7, 11) is 0. The Morgan fingerprint density at radius 1 is 0.591 bits per heavy atom. The Bertz CT molecular complexity index is 1880. The van der Waals surface area contributed by atoms with Crippen LogP contribution in [0.4, 0.5) is 0 Å². The predicted molar refractivity (Wildman–Crippen MR) is 227 cm³/mol. The van der Waals surface area contributed by atoms with Crippen LogP contribution in [0.15, 0.2) is 24.3 Å². The molecule has 0 bridgehead atoms. The zero-order valence-corrected chi connectivity index (χ0v) is 36.6. The average Bonchev–Trinajstić information content (AvgIpc) is 3.21. The summed E-state index contributed by atoms with van der Waals surface area (Å²) in [5.74, 6) is -14.0. The van der Waals surface area contributed by atoms with E-state index in [0.717, 1.165) is 6.92 Å². The van der Waals surface area contributed by atoms with Crippen LogP contribution in [0.2, 0.25) is 0 Å². The molecule has 0 aliphatic rings. The van der Waals surface area contributed by atoms with Crippen LogP contribution >= 0.6 is 0 Å². The minimum Gasteiger partial charge on any atom is -0.508 e. The van der Waals surface area contributed by atoms with E-state index in [4.69, 9.17) is 11.5 Å². The smallest absolute Gasteiger partial charge is 0.326 e. The zero-order valence-electron chi connectivity index (χ0n) is 36.6. The summed E-state index contributed by atoms with van der Waals surface area (Å²) < 4.78 is 0. The van der Waals surface area contributed by atoms with Crippen molar-refractivity contribution in [2.24, 2.45) is 17.4 Å². The molecule has 26 nitrogen and oxygen atoms in total. The molecule has 1 aromatic carbocycles. The minimum atomic E-state index is -1.89. The number of nitrogens with one attached hydrogen (secondary N) is 7. The van der Waals surface area contributed by atoms with Gasteiger partial charge in [-0.15, -0.1) is 0 Å². The minimum absolute atomic E-state index is 0.0532. The molecule has 0 aliphatic carbocycles. The Morgan fingerprint density at radius 3 is 1.59 bits per heavy atom. The number of carboxylic acid groups (broad SMARTS) is 4. The highest BCUT2D eigenvalue weighted by atomic mass is 16.4. The Balaban J connectivity index is 3.20. The fraction of sp³-hybridized carbons (Fsp3) is 0.575. The molecule has 7 amide bonds. The number of aliphatic carboxylic acids is 4. The number of rotatable bonds is 31. The van der Waals surface area contributed by atoms with E-state index in [2.05, 4.69) is 37.2 Å². The summed E-state index contributed by atoms with van der Waals surface area (Å²) in [5.41, 5.74) is 11.8. The number of carbonyl (C=O) groups excluding carboxylic acids is 7. The summed E-state index contributed by atoms with van der Waals surface area (Å²) in [6.45, 7) is 3.85. The molecular weight excluding hydrogens is 878 g/mol. The third-order valence-corrected chi connectivity index (χ3v) is 9.44. The highest BCUT2D eigenvalue weighted by molar-refractivity contribution is 5.98. The lowest BCUT2D eigenvalue weighted by Gasteiger charge is -2.27. The number of benzene rings is 1. The molecule has 0 radical (unpaired) electrons. The van der Waals surface area contributed by atoms with Crippen LogP contribution in [0.25, 0.3) is 0 Å². The monoisotopic (exact) mass is 939 g/mol. The van der Waals surface area contributed by atoms with Crippen LogP contribution in [0.5, 0.6) is 5.75 Å². The fourth-order valence-corrected chi connectivity index (χ4v) is 6.03. The van der Waals surface area contributed by atoms with E-state index in [1.807, 2.05) is 0 Å². The van der Waals surface area contributed by atoms with E-state index in [1.54, 1.807) is 13.8 Å². The normalized spacial score (nSPS) is 14.6.